The maximum absolute atomic E-state index is 6.88. The number of pyridine rings is 1. The van der Waals surface area contributed by atoms with Gasteiger partial charge in [-0.2, -0.15) is 0 Å². The molecule has 2 fully saturated rings. The minimum Gasteiger partial charge on any atom is -0.489 e. The highest BCUT2D eigenvalue weighted by molar-refractivity contribution is 6.32. The van der Waals surface area contributed by atoms with Gasteiger partial charge in [0.25, 0.3) is 0 Å². The number of halogens is 1. The third-order valence-corrected chi connectivity index (χ3v) is 8.50. The molecule has 2 bridgehead atoms. The molecular formula is C28H31ClN6O2. The van der Waals surface area contributed by atoms with Crippen molar-refractivity contribution in [1.82, 2.24) is 9.88 Å². The van der Waals surface area contributed by atoms with Gasteiger partial charge in [-0.05, 0) is 63.1 Å². The van der Waals surface area contributed by atoms with Crippen molar-refractivity contribution in [2.75, 3.05) is 24.7 Å². The first-order valence-electron chi connectivity index (χ1n) is 12.6. The molecule has 1 aromatic heterocycles. The van der Waals surface area contributed by atoms with Gasteiger partial charge in [0.15, 0.2) is 5.66 Å². The topological polar surface area (TPSA) is 111 Å². The number of aliphatic imine (C=N–C) groups is 1. The fourth-order valence-electron chi connectivity index (χ4n) is 5.88. The molecule has 5 N–H and O–H groups in total. The van der Waals surface area contributed by atoms with E-state index in [4.69, 9.17) is 32.5 Å². The molecule has 0 amide bonds. The molecule has 1 atom stereocenters. The van der Waals surface area contributed by atoms with Crippen LogP contribution in [0.4, 0.5) is 11.4 Å². The summed E-state index contributed by atoms with van der Waals surface area (Å²) in [6, 6.07) is 15.6. The smallest absolute Gasteiger partial charge is 0.163 e. The van der Waals surface area contributed by atoms with E-state index in [1.807, 2.05) is 36.4 Å². The predicted molar refractivity (Wildman–Crippen MR) is 146 cm³/mol. The number of anilines is 2. The van der Waals surface area contributed by atoms with Crippen LogP contribution >= 0.6 is 11.6 Å². The molecule has 1 unspecified atom stereocenters. The highest BCUT2D eigenvalue weighted by atomic mass is 35.5. The molecule has 3 aromatic rings. The average molecular weight is 519 g/mol. The summed E-state index contributed by atoms with van der Waals surface area (Å²) < 4.78 is 12.2. The van der Waals surface area contributed by atoms with Gasteiger partial charge in [0, 0.05) is 29.4 Å². The number of benzene rings is 2. The summed E-state index contributed by atoms with van der Waals surface area (Å²) in [7, 11) is 2.21. The fourth-order valence-corrected chi connectivity index (χ4v) is 6.11. The number of hydrogen-bond acceptors (Lipinski definition) is 8. The van der Waals surface area contributed by atoms with Crippen LogP contribution in [0.3, 0.4) is 0 Å². The lowest BCUT2D eigenvalue weighted by Gasteiger charge is -2.34. The number of nitrogens with zero attached hydrogens (tertiary/aromatic N) is 3. The molecule has 0 saturated carbocycles. The monoisotopic (exact) mass is 518 g/mol. The van der Waals surface area contributed by atoms with Gasteiger partial charge < -0.3 is 20.5 Å². The quantitative estimate of drug-likeness (QED) is 0.394. The SMILES string of the molecule is CN1C2CCC1(COc1cc3c(cc1N)C(N)(c1ccc(OCc4ccccn4)c(Cl)c1)N=CN3)CC2. The van der Waals surface area contributed by atoms with Crippen molar-refractivity contribution >= 4 is 29.3 Å². The number of likely N-dealkylation sites (N-methyl/N-ethyl adjacent to an activating group) is 1. The Morgan fingerprint density at radius 3 is 2.65 bits per heavy atom. The van der Waals surface area contributed by atoms with Crippen molar-refractivity contribution < 1.29 is 9.47 Å². The summed E-state index contributed by atoms with van der Waals surface area (Å²) in [5.41, 5.74) is 15.9. The van der Waals surface area contributed by atoms with Crippen molar-refractivity contribution in [3.8, 4) is 11.5 Å². The van der Waals surface area contributed by atoms with Crippen molar-refractivity contribution in [2.24, 2.45) is 10.7 Å². The number of hydrogen-bond donors (Lipinski definition) is 3. The van der Waals surface area contributed by atoms with E-state index in [0.717, 1.165) is 35.3 Å². The van der Waals surface area contributed by atoms with Crippen LogP contribution in [0.2, 0.25) is 5.02 Å². The molecule has 9 heteroatoms. The van der Waals surface area contributed by atoms with Crippen LogP contribution < -0.4 is 26.3 Å². The van der Waals surface area contributed by atoms with Crippen LogP contribution in [-0.4, -0.2) is 41.5 Å². The third-order valence-electron chi connectivity index (χ3n) is 8.20. The van der Waals surface area contributed by atoms with Gasteiger partial charge in [0.2, 0.25) is 0 Å². The highest BCUT2D eigenvalue weighted by Gasteiger charge is 2.50. The van der Waals surface area contributed by atoms with Gasteiger partial charge in [-0.3, -0.25) is 15.6 Å². The zero-order valence-corrected chi connectivity index (χ0v) is 21.5. The highest BCUT2D eigenvalue weighted by Crippen LogP contribution is 2.46. The molecule has 0 radical (unpaired) electrons. The third kappa shape index (κ3) is 4.19. The van der Waals surface area contributed by atoms with E-state index in [1.165, 1.54) is 12.8 Å². The lowest BCUT2D eigenvalue weighted by molar-refractivity contribution is 0.113. The summed E-state index contributed by atoms with van der Waals surface area (Å²) in [5, 5.41) is 3.65. The van der Waals surface area contributed by atoms with E-state index >= 15 is 0 Å². The Kier molecular flexibility index (Phi) is 5.98. The van der Waals surface area contributed by atoms with Crippen molar-refractivity contribution in [3.05, 3.63) is 76.6 Å². The van der Waals surface area contributed by atoms with Gasteiger partial charge >= 0.3 is 0 Å². The molecule has 192 valence electrons. The van der Waals surface area contributed by atoms with Gasteiger partial charge in [-0.1, -0.05) is 23.7 Å². The van der Waals surface area contributed by atoms with E-state index in [-0.39, 0.29) is 5.54 Å². The lowest BCUT2D eigenvalue weighted by atomic mass is 9.88. The molecule has 0 aliphatic carbocycles. The Morgan fingerprint density at radius 1 is 1.11 bits per heavy atom. The Morgan fingerprint density at radius 2 is 1.95 bits per heavy atom. The zero-order valence-electron chi connectivity index (χ0n) is 20.8. The molecular weight excluding hydrogens is 488 g/mol. The number of rotatable bonds is 7. The van der Waals surface area contributed by atoms with E-state index in [0.29, 0.717) is 41.5 Å². The van der Waals surface area contributed by atoms with Crippen LogP contribution in [0.1, 0.15) is 42.5 Å². The average Bonchev–Trinajstić information content (AvgIpc) is 3.39. The van der Waals surface area contributed by atoms with E-state index in [2.05, 4.69) is 27.2 Å². The maximum atomic E-state index is 6.88. The number of ether oxygens (including phenoxy) is 2. The Balaban J connectivity index is 1.23. The van der Waals surface area contributed by atoms with Gasteiger partial charge in [0.05, 0.1) is 34.0 Å². The Labute approximate surface area is 221 Å². The summed E-state index contributed by atoms with van der Waals surface area (Å²) in [4.78, 5) is 11.4. The number of nitrogens with one attached hydrogen (secondary N) is 1. The second-order valence-electron chi connectivity index (χ2n) is 10.2. The first-order valence-corrected chi connectivity index (χ1v) is 13.0. The molecule has 2 saturated heterocycles. The van der Waals surface area contributed by atoms with Gasteiger partial charge in [-0.25, -0.2) is 4.99 Å². The van der Waals surface area contributed by atoms with Crippen LogP contribution in [-0.2, 0) is 12.3 Å². The number of nitrogens with two attached hydrogens (primary N) is 2. The summed E-state index contributed by atoms with van der Waals surface area (Å²) in [6.07, 6.45) is 8.14. The second-order valence-corrected chi connectivity index (χ2v) is 10.6. The van der Waals surface area contributed by atoms with Crippen molar-refractivity contribution in [1.29, 1.82) is 0 Å². The zero-order chi connectivity index (χ0) is 25.6. The number of fused-ring (bicyclic) bond motifs is 3. The molecule has 37 heavy (non-hydrogen) atoms. The first-order chi connectivity index (χ1) is 17.9. The fraction of sp³-hybridized carbons (Fsp3) is 0.357. The summed E-state index contributed by atoms with van der Waals surface area (Å²) in [6.45, 7) is 0.941. The van der Waals surface area contributed by atoms with Gasteiger partial charge in [-0.15, -0.1) is 0 Å². The molecule has 4 heterocycles. The molecule has 6 rings (SSSR count). The maximum Gasteiger partial charge on any atom is 0.163 e. The molecule has 2 aromatic carbocycles. The first kappa shape index (κ1) is 24.0. The minimum absolute atomic E-state index is 0.108. The van der Waals surface area contributed by atoms with Crippen molar-refractivity contribution in [2.45, 2.75) is 49.5 Å². The van der Waals surface area contributed by atoms with E-state index in [1.54, 1.807) is 24.7 Å². The molecule has 3 aliphatic heterocycles. The van der Waals surface area contributed by atoms with Crippen LogP contribution in [0.25, 0.3) is 0 Å². The van der Waals surface area contributed by atoms with Crippen LogP contribution in [0, 0.1) is 0 Å². The van der Waals surface area contributed by atoms with Crippen LogP contribution in [0.15, 0.2) is 59.7 Å². The van der Waals surface area contributed by atoms with E-state index in [9.17, 15) is 0 Å². The molecule has 3 aliphatic rings. The predicted octanol–water partition coefficient (Wildman–Crippen LogP) is 4.52. The number of nitrogen functional groups attached to an aromatic ring is 1. The number of aromatic nitrogens is 1. The standard InChI is InChI=1S/C28H31ClN6O2/c1-35-20-7-9-27(35,10-8-20)16-37-26-14-24-21(13-23(26)30)28(31,34-17-33-24)18-5-6-25(22(29)12-18)36-15-19-4-2-3-11-32-19/h2-6,11-14,17,20H,7-10,15-16,30-31H2,1H3,(H,33,34). The Hall–Kier alpha value is -3.33. The summed E-state index contributed by atoms with van der Waals surface area (Å²) in [5.74, 6) is 1.20. The normalized spacial score (nSPS) is 26.1. The van der Waals surface area contributed by atoms with E-state index < -0.39 is 5.66 Å². The van der Waals surface area contributed by atoms with Crippen LogP contribution in [0.5, 0.6) is 11.5 Å². The largest absolute Gasteiger partial charge is 0.489 e. The summed E-state index contributed by atoms with van der Waals surface area (Å²) >= 11 is 6.59. The lowest BCUT2D eigenvalue weighted by Crippen LogP contribution is -2.43. The molecule has 8 nitrogen and oxygen atoms in total. The second kappa shape index (κ2) is 9.20. The van der Waals surface area contributed by atoms with Gasteiger partial charge in [0.1, 0.15) is 24.7 Å². The minimum atomic E-state index is -1.17. The molecule has 0 spiro atoms. The Bertz CT molecular complexity index is 1340. The van der Waals surface area contributed by atoms with Crippen molar-refractivity contribution in [3.63, 3.8) is 0 Å².